The first-order chi connectivity index (χ1) is 8.29. The number of hydrogen-bond donors (Lipinski definition) is 1. The molecule has 0 saturated heterocycles. The summed E-state index contributed by atoms with van der Waals surface area (Å²) in [6.45, 7) is 0. The van der Waals surface area contributed by atoms with Crippen LogP contribution in [0.5, 0.6) is 0 Å². The smallest absolute Gasteiger partial charge is 0.223 e. The van der Waals surface area contributed by atoms with E-state index in [0.29, 0.717) is 18.4 Å². The standard InChI is InChI=1S/C14H22N2O/c15-10-9-11-5-7-13(8-6-11)16-14(17)12-3-1-2-4-12/h11-13H,1-9H2,(H,16,17). The molecule has 94 valence electrons. The summed E-state index contributed by atoms with van der Waals surface area (Å²) >= 11 is 0. The second kappa shape index (κ2) is 6.05. The fraction of sp³-hybridized carbons (Fsp3) is 0.857. The van der Waals surface area contributed by atoms with E-state index in [1.807, 2.05) is 0 Å². The molecule has 1 amide bonds. The number of rotatable bonds is 3. The molecule has 0 radical (unpaired) electrons. The van der Waals surface area contributed by atoms with E-state index >= 15 is 0 Å². The zero-order chi connectivity index (χ0) is 12.1. The van der Waals surface area contributed by atoms with Gasteiger partial charge in [0.05, 0.1) is 6.07 Å². The number of nitriles is 1. The van der Waals surface area contributed by atoms with Crippen LogP contribution >= 0.6 is 0 Å². The maximum atomic E-state index is 12.0. The van der Waals surface area contributed by atoms with Crippen molar-refractivity contribution >= 4 is 5.91 Å². The van der Waals surface area contributed by atoms with Crippen molar-refractivity contribution < 1.29 is 4.79 Å². The molecule has 3 nitrogen and oxygen atoms in total. The predicted octanol–water partition coefficient (Wildman–Crippen LogP) is 2.77. The number of nitrogens with zero attached hydrogens (tertiary/aromatic N) is 1. The molecule has 2 aliphatic rings. The fourth-order valence-electron chi connectivity index (χ4n) is 3.15. The monoisotopic (exact) mass is 234 g/mol. The summed E-state index contributed by atoms with van der Waals surface area (Å²) in [5.41, 5.74) is 0. The van der Waals surface area contributed by atoms with Crippen molar-refractivity contribution in [1.29, 1.82) is 5.26 Å². The SMILES string of the molecule is N#CCC1CCC(NC(=O)C2CCCC2)CC1. The first kappa shape index (κ1) is 12.4. The Bertz CT molecular complexity index is 294. The third-order valence-electron chi connectivity index (χ3n) is 4.30. The molecular formula is C14H22N2O. The lowest BCUT2D eigenvalue weighted by atomic mass is 9.84. The van der Waals surface area contributed by atoms with Crippen molar-refractivity contribution in [1.82, 2.24) is 5.32 Å². The van der Waals surface area contributed by atoms with E-state index in [4.69, 9.17) is 5.26 Å². The van der Waals surface area contributed by atoms with E-state index < -0.39 is 0 Å². The summed E-state index contributed by atoms with van der Waals surface area (Å²) in [5, 5.41) is 11.9. The zero-order valence-corrected chi connectivity index (χ0v) is 10.5. The lowest BCUT2D eigenvalue weighted by Crippen LogP contribution is -2.40. The van der Waals surface area contributed by atoms with Crippen molar-refractivity contribution in [3.05, 3.63) is 0 Å². The Morgan fingerprint density at radius 3 is 2.35 bits per heavy atom. The Morgan fingerprint density at radius 2 is 1.76 bits per heavy atom. The topological polar surface area (TPSA) is 52.9 Å². The van der Waals surface area contributed by atoms with Gasteiger partial charge in [-0.25, -0.2) is 0 Å². The fourth-order valence-corrected chi connectivity index (χ4v) is 3.15. The van der Waals surface area contributed by atoms with Gasteiger partial charge in [0.25, 0.3) is 0 Å². The molecule has 0 unspecified atom stereocenters. The highest BCUT2D eigenvalue weighted by molar-refractivity contribution is 5.79. The molecule has 0 aromatic carbocycles. The Hall–Kier alpha value is -1.04. The van der Waals surface area contributed by atoms with Gasteiger partial charge in [0.1, 0.15) is 0 Å². The van der Waals surface area contributed by atoms with Gasteiger partial charge in [0.15, 0.2) is 0 Å². The summed E-state index contributed by atoms with van der Waals surface area (Å²) in [7, 11) is 0. The van der Waals surface area contributed by atoms with Crippen LogP contribution in [0.15, 0.2) is 0 Å². The lowest BCUT2D eigenvalue weighted by Gasteiger charge is -2.28. The van der Waals surface area contributed by atoms with Crippen LogP contribution in [0.25, 0.3) is 0 Å². The van der Waals surface area contributed by atoms with Crippen molar-refractivity contribution in [3.63, 3.8) is 0 Å². The van der Waals surface area contributed by atoms with E-state index in [9.17, 15) is 4.79 Å². The molecule has 3 heteroatoms. The average Bonchev–Trinajstić information content (AvgIpc) is 2.86. The van der Waals surface area contributed by atoms with Crippen LogP contribution in [0.3, 0.4) is 0 Å². The molecule has 0 aromatic heterocycles. The molecule has 0 spiro atoms. The Balaban J connectivity index is 1.70. The van der Waals surface area contributed by atoms with Crippen LogP contribution in [0.4, 0.5) is 0 Å². The molecule has 0 bridgehead atoms. The minimum absolute atomic E-state index is 0.284. The molecule has 0 aliphatic heterocycles. The quantitative estimate of drug-likeness (QED) is 0.816. The lowest BCUT2D eigenvalue weighted by molar-refractivity contribution is -0.125. The van der Waals surface area contributed by atoms with E-state index in [0.717, 1.165) is 38.5 Å². The second-order valence-corrected chi connectivity index (χ2v) is 5.57. The van der Waals surface area contributed by atoms with Gasteiger partial charge in [-0.1, -0.05) is 12.8 Å². The highest BCUT2D eigenvalue weighted by Gasteiger charge is 2.27. The molecule has 0 atom stereocenters. The van der Waals surface area contributed by atoms with Crippen LogP contribution in [0.1, 0.15) is 57.8 Å². The van der Waals surface area contributed by atoms with Gasteiger partial charge in [-0.2, -0.15) is 5.26 Å². The van der Waals surface area contributed by atoms with E-state index in [-0.39, 0.29) is 11.8 Å². The maximum absolute atomic E-state index is 12.0. The molecule has 1 N–H and O–H groups in total. The minimum atomic E-state index is 0.284. The molecule has 2 aliphatic carbocycles. The Morgan fingerprint density at radius 1 is 1.12 bits per heavy atom. The second-order valence-electron chi connectivity index (χ2n) is 5.57. The highest BCUT2D eigenvalue weighted by Crippen LogP contribution is 2.28. The molecule has 0 heterocycles. The van der Waals surface area contributed by atoms with Crippen molar-refractivity contribution in [2.24, 2.45) is 11.8 Å². The van der Waals surface area contributed by atoms with Crippen molar-refractivity contribution in [3.8, 4) is 6.07 Å². The molecular weight excluding hydrogens is 212 g/mol. The number of amides is 1. The highest BCUT2D eigenvalue weighted by atomic mass is 16.1. The molecule has 17 heavy (non-hydrogen) atoms. The van der Waals surface area contributed by atoms with E-state index in [1.165, 1.54) is 12.8 Å². The maximum Gasteiger partial charge on any atom is 0.223 e. The number of nitrogens with one attached hydrogen (secondary N) is 1. The van der Waals surface area contributed by atoms with Crippen LogP contribution in [-0.4, -0.2) is 11.9 Å². The normalized spacial score (nSPS) is 29.8. The van der Waals surface area contributed by atoms with Crippen LogP contribution in [0, 0.1) is 23.2 Å². The van der Waals surface area contributed by atoms with Gasteiger partial charge in [-0.3, -0.25) is 4.79 Å². The summed E-state index contributed by atoms with van der Waals surface area (Å²) in [5.74, 6) is 1.14. The Labute approximate surface area is 104 Å². The van der Waals surface area contributed by atoms with Crippen LogP contribution in [-0.2, 0) is 4.79 Å². The minimum Gasteiger partial charge on any atom is -0.353 e. The molecule has 2 fully saturated rings. The molecule has 2 rings (SSSR count). The van der Waals surface area contributed by atoms with Crippen LogP contribution in [0.2, 0.25) is 0 Å². The van der Waals surface area contributed by atoms with Crippen molar-refractivity contribution in [2.75, 3.05) is 0 Å². The van der Waals surface area contributed by atoms with Gasteiger partial charge in [-0.05, 0) is 44.4 Å². The van der Waals surface area contributed by atoms with Gasteiger partial charge in [-0.15, -0.1) is 0 Å². The zero-order valence-electron chi connectivity index (χ0n) is 10.5. The summed E-state index contributed by atoms with van der Waals surface area (Å²) in [6.07, 6.45) is 9.59. The third-order valence-corrected chi connectivity index (χ3v) is 4.30. The van der Waals surface area contributed by atoms with Crippen LogP contribution < -0.4 is 5.32 Å². The molecule has 2 saturated carbocycles. The number of carbonyl (C=O) groups excluding carboxylic acids is 1. The third kappa shape index (κ3) is 3.46. The average molecular weight is 234 g/mol. The van der Waals surface area contributed by atoms with Gasteiger partial charge in [0.2, 0.25) is 5.91 Å². The van der Waals surface area contributed by atoms with Crippen molar-refractivity contribution in [2.45, 2.75) is 63.8 Å². The van der Waals surface area contributed by atoms with Gasteiger partial charge >= 0.3 is 0 Å². The first-order valence-electron chi connectivity index (χ1n) is 6.97. The van der Waals surface area contributed by atoms with Gasteiger partial charge in [0, 0.05) is 18.4 Å². The summed E-state index contributed by atoms with van der Waals surface area (Å²) < 4.78 is 0. The predicted molar refractivity (Wildman–Crippen MR) is 66.1 cm³/mol. The first-order valence-corrected chi connectivity index (χ1v) is 6.97. The number of carbonyl (C=O) groups is 1. The van der Waals surface area contributed by atoms with E-state index in [1.54, 1.807) is 0 Å². The number of hydrogen-bond acceptors (Lipinski definition) is 2. The van der Waals surface area contributed by atoms with Gasteiger partial charge < -0.3 is 5.32 Å². The molecule has 0 aromatic rings. The largest absolute Gasteiger partial charge is 0.353 e. The summed E-state index contributed by atoms with van der Waals surface area (Å²) in [4.78, 5) is 12.0. The Kier molecular flexibility index (Phi) is 4.42. The van der Waals surface area contributed by atoms with E-state index in [2.05, 4.69) is 11.4 Å². The summed E-state index contributed by atoms with van der Waals surface area (Å²) in [6, 6.07) is 2.62.